The molecule has 5 rings (SSSR count). The maximum Gasteiger partial charge on any atom is 0.269 e. The van der Waals surface area contributed by atoms with Crippen molar-refractivity contribution in [2.75, 3.05) is 12.0 Å². The molecule has 41 heavy (non-hydrogen) atoms. The highest BCUT2D eigenvalue weighted by Crippen LogP contribution is 2.32. The van der Waals surface area contributed by atoms with Gasteiger partial charge < -0.3 is 19.9 Å². The monoisotopic (exact) mass is 545 g/mol. The average molecular weight is 546 g/mol. The van der Waals surface area contributed by atoms with Crippen molar-refractivity contribution < 1.29 is 14.5 Å². The minimum atomic E-state index is -0.809. The number of aromatic nitrogens is 1. The van der Waals surface area contributed by atoms with Crippen molar-refractivity contribution in [3.63, 3.8) is 0 Å². The van der Waals surface area contributed by atoms with Crippen molar-refractivity contribution >= 4 is 28.2 Å². The summed E-state index contributed by atoms with van der Waals surface area (Å²) < 4.78 is 5.30. The summed E-state index contributed by atoms with van der Waals surface area (Å²) in [6.07, 6.45) is 1.88. The Labute approximate surface area is 236 Å². The van der Waals surface area contributed by atoms with E-state index in [1.54, 1.807) is 43.5 Å². The zero-order valence-electron chi connectivity index (χ0n) is 22.3. The van der Waals surface area contributed by atoms with Crippen molar-refractivity contribution in [3.8, 4) is 11.8 Å². The molecule has 0 aliphatic heterocycles. The van der Waals surface area contributed by atoms with Crippen LogP contribution in [-0.4, -0.2) is 22.9 Å². The average Bonchev–Trinajstić information content (AvgIpc) is 3.43. The van der Waals surface area contributed by atoms with Gasteiger partial charge in [-0.3, -0.25) is 14.9 Å². The lowest BCUT2D eigenvalue weighted by Crippen LogP contribution is -2.40. The van der Waals surface area contributed by atoms with Crippen LogP contribution in [0.5, 0.6) is 5.75 Å². The van der Waals surface area contributed by atoms with Crippen LogP contribution in [0.25, 0.3) is 10.9 Å². The van der Waals surface area contributed by atoms with Gasteiger partial charge in [-0.2, -0.15) is 5.26 Å². The molecule has 1 unspecified atom stereocenters. The van der Waals surface area contributed by atoms with Gasteiger partial charge in [-0.25, -0.2) is 0 Å². The number of methoxy groups -OCH3 is 1. The van der Waals surface area contributed by atoms with E-state index in [0.29, 0.717) is 35.7 Å². The third kappa shape index (κ3) is 6.02. The lowest BCUT2D eigenvalue weighted by molar-refractivity contribution is -0.384. The molecular formula is C32H27N5O4. The number of non-ortho nitro benzene ring substituents is 1. The minimum absolute atomic E-state index is 0.0446. The first-order valence-electron chi connectivity index (χ1n) is 12.9. The van der Waals surface area contributed by atoms with Crippen LogP contribution in [0.15, 0.2) is 103 Å². The number of aromatic amines is 1. The van der Waals surface area contributed by atoms with Gasteiger partial charge in [0.15, 0.2) is 0 Å². The number of benzene rings is 4. The van der Waals surface area contributed by atoms with E-state index in [-0.39, 0.29) is 11.6 Å². The quantitative estimate of drug-likeness (QED) is 0.163. The Morgan fingerprint density at radius 3 is 2.39 bits per heavy atom. The molecule has 1 heterocycles. The van der Waals surface area contributed by atoms with Crippen molar-refractivity contribution in [1.82, 2.24) is 10.3 Å². The van der Waals surface area contributed by atoms with E-state index in [4.69, 9.17) is 4.74 Å². The minimum Gasteiger partial charge on any atom is -0.497 e. The molecule has 0 spiro atoms. The number of hydrogen-bond donors (Lipinski definition) is 2. The number of rotatable bonds is 10. The van der Waals surface area contributed by atoms with E-state index in [1.165, 1.54) is 12.1 Å². The molecule has 0 aliphatic rings. The molecule has 0 aliphatic carbocycles. The maximum atomic E-state index is 14.1. The number of carbonyl (C=O) groups excluding carboxylic acids is 1. The molecule has 0 radical (unpaired) electrons. The Morgan fingerprint density at radius 1 is 1.02 bits per heavy atom. The van der Waals surface area contributed by atoms with Gasteiger partial charge in [-0.05, 0) is 59.2 Å². The summed E-state index contributed by atoms with van der Waals surface area (Å²) in [5, 5.41) is 24.8. The van der Waals surface area contributed by atoms with Crippen molar-refractivity contribution in [2.45, 2.75) is 19.1 Å². The molecule has 9 nitrogen and oxygen atoms in total. The third-order valence-corrected chi connectivity index (χ3v) is 6.95. The number of nitriles is 1. The van der Waals surface area contributed by atoms with Gasteiger partial charge in [0.2, 0.25) is 5.91 Å². The number of hydrogen-bond acceptors (Lipinski definition) is 6. The number of anilines is 1. The zero-order valence-corrected chi connectivity index (χ0v) is 22.3. The summed E-state index contributed by atoms with van der Waals surface area (Å²) in [6.45, 7) is 0.624. The van der Waals surface area contributed by atoms with Gasteiger partial charge in [0.1, 0.15) is 11.8 Å². The number of nitrogens with one attached hydrogen (secondary N) is 2. The second-order valence-electron chi connectivity index (χ2n) is 9.46. The molecule has 1 atom stereocenters. The Morgan fingerprint density at radius 2 is 1.73 bits per heavy atom. The van der Waals surface area contributed by atoms with Gasteiger partial charge in [0.25, 0.3) is 5.69 Å². The second kappa shape index (κ2) is 12.1. The highest BCUT2D eigenvalue weighted by molar-refractivity contribution is 5.88. The summed E-state index contributed by atoms with van der Waals surface area (Å²) in [5.74, 6) is 0.447. The van der Waals surface area contributed by atoms with Crippen LogP contribution in [-0.2, 0) is 17.9 Å². The molecule has 0 bridgehead atoms. The van der Waals surface area contributed by atoms with Gasteiger partial charge in [-0.15, -0.1) is 0 Å². The summed E-state index contributed by atoms with van der Waals surface area (Å²) in [4.78, 5) is 30.1. The van der Waals surface area contributed by atoms with E-state index >= 15 is 0 Å². The Balaban J connectivity index is 1.54. The largest absolute Gasteiger partial charge is 0.497 e. The summed E-state index contributed by atoms with van der Waals surface area (Å²) >= 11 is 0. The van der Waals surface area contributed by atoms with Crippen LogP contribution in [0, 0.1) is 21.4 Å². The van der Waals surface area contributed by atoms with E-state index in [9.17, 15) is 20.2 Å². The first-order chi connectivity index (χ1) is 20.0. The standard InChI is InChI=1S/C32H27N5O4/c1-41-28-16-8-23(9-17-28)21-36(26-12-14-27(15-13-26)37(39)40)31(24-10-6-22(18-33)7-11-24)32(38)35-20-25-19-34-30-5-3-2-4-29(25)30/h2-17,19,31,34H,20-21H2,1H3,(H,35,38). The molecule has 5 aromatic rings. The summed E-state index contributed by atoms with van der Waals surface area (Å²) in [6, 6.07) is 29.7. The lowest BCUT2D eigenvalue weighted by atomic mass is 10.0. The van der Waals surface area contributed by atoms with Gasteiger partial charge in [0, 0.05) is 48.0 Å². The number of fused-ring (bicyclic) bond motifs is 1. The van der Waals surface area contributed by atoms with Crippen LogP contribution in [0.1, 0.15) is 28.3 Å². The Hall–Kier alpha value is -5.62. The van der Waals surface area contributed by atoms with Gasteiger partial charge >= 0.3 is 0 Å². The van der Waals surface area contributed by atoms with E-state index in [0.717, 1.165) is 22.0 Å². The van der Waals surface area contributed by atoms with Crippen LogP contribution < -0.4 is 15.0 Å². The first kappa shape index (κ1) is 27.0. The summed E-state index contributed by atoms with van der Waals surface area (Å²) in [7, 11) is 1.59. The van der Waals surface area contributed by atoms with E-state index < -0.39 is 11.0 Å². The second-order valence-corrected chi connectivity index (χ2v) is 9.46. The fourth-order valence-electron chi connectivity index (χ4n) is 4.79. The Bertz CT molecular complexity index is 1700. The molecule has 1 amide bonds. The topological polar surface area (TPSA) is 124 Å². The number of H-pyrrole nitrogens is 1. The smallest absolute Gasteiger partial charge is 0.269 e. The number of nitro groups is 1. The molecule has 9 heteroatoms. The fourth-order valence-corrected chi connectivity index (χ4v) is 4.79. The molecular weight excluding hydrogens is 518 g/mol. The van der Waals surface area contributed by atoms with Crippen LogP contribution in [0.3, 0.4) is 0 Å². The molecule has 1 aromatic heterocycles. The highest BCUT2D eigenvalue weighted by Gasteiger charge is 2.29. The normalized spacial score (nSPS) is 11.4. The molecule has 0 saturated heterocycles. The van der Waals surface area contributed by atoms with Crippen LogP contribution >= 0.6 is 0 Å². The zero-order chi connectivity index (χ0) is 28.8. The Kier molecular flexibility index (Phi) is 7.93. The number of para-hydroxylation sites is 1. The van der Waals surface area contributed by atoms with Crippen molar-refractivity contribution in [3.05, 3.63) is 136 Å². The number of nitrogens with zero attached hydrogens (tertiary/aromatic N) is 3. The molecule has 204 valence electrons. The fraction of sp³-hybridized carbons (Fsp3) is 0.125. The van der Waals surface area contributed by atoms with Crippen molar-refractivity contribution in [1.29, 1.82) is 5.26 Å². The maximum absolute atomic E-state index is 14.1. The third-order valence-electron chi connectivity index (χ3n) is 6.95. The first-order valence-corrected chi connectivity index (χ1v) is 12.9. The number of amides is 1. The molecule has 0 saturated carbocycles. The predicted octanol–water partition coefficient (Wildman–Crippen LogP) is 6.02. The van der Waals surface area contributed by atoms with Crippen molar-refractivity contribution in [2.24, 2.45) is 0 Å². The SMILES string of the molecule is COc1ccc(CN(c2ccc([N+](=O)[O-])cc2)C(C(=O)NCc2c[nH]c3ccccc23)c2ccc(C#N)cc2)cc1. The molecule has 2 N–H and O–H groups in total. The molecule has 4 aromatic carbocycles. The lowest BCUT2D eigenvalue weighted by Gasteiger charge is -2.33. The van der Waals surface area contributed by atoms with Gasteiger partial charge in [-0.1, -0.05) is 42.5 Å². The number of nitro benzene ring substituents is 1. The summed E-state index contributed by atoms with van der Waals surface area (Å²) in [5.41, 5.74) is 4.57. The predicted molar refractivity (Wildman–Crippen MR) is 156 cm³/mol. The molecule has 0 fully saturated rings. The number of ether oxygens (including phenoxy) is 1. The highest BCUT2D eigenvalue weighted by atomic mass is 16.6. The van der Waals surface area contributed by atoms with Crippen LogP contribution in [0.2, 0.25) is 0 Å². The van der Waals surface area contributed by atoms with E-state index in [1.807, 2.05) is 59.6 Å². The van der Waals surface area contributed by atoms with Gasteiger partial charge in [0.05, 0.1) is 23.7 Å². The van der Waals surface area contributed by atoms with Crippen LogP contribution in [0.4, 0.5) is 11.4 Å². The van der Waals surface area contributed by atoms with E-state index in [2.05, 4.69) is 16.4 Å². The number of carbonyl (C=O) groups is 1.